The fraction of sp³-hybridized carbons (Fsp3) is 0.333. The van der Waals surface area contributed by atoms with Gasteiger partial charge < -0.3 is 14.0 Å². The zero-order valence-electron chi connectivity index (χ0n) is 17.8. The number of anilines is 1. The summed E-state index contributed by atoms with van der Waals surface area (Å²) in [6.07, 6.45) is 1.57. The summed E-state index contributed by atoms with van der Waals surface area (Å²) in [4.78, 5) is 2.20. The molecule has 0 saturated carbocycles. The molecule has 5 rings (SSSR count). The predicted molar refractivity (Wildman–Crippen MR) is 118 cm³/mol. The molecule has 4 heterocycles. The van der Waals surface area contributed by atoms with Gasteiger partial charge in [0.1, 0.15) is 11.5 Å². The van der Waals surface area contributed by atoms with E-state index < -0.39 is 10.4 Å². The molecule has 11 heteroatoms. The Morgan fingerprint density at radius 1 is 1.16 bits per heavy atom. The fourth-order valence-electron chi connectivity index (χ4n) is 4.13. The molecule has 3 aromatic heterocycles. The van der Waals surface area contributed by atoms with E-state index in [9.17, 15) is 8.76 Å². The van der Waals surface area contributed by atoms with Crippen LogP contribution in [0.25, 0.3) is 17.0 Å². The maximum atomic E-state index is 12.9. The molecule has 2 unspecified atom stereocenters. The van der Waals surface area contributed by atoms with Crippen LogP contribution in [0.5, 0.6) is 0 Å². The number of fused-ring (bicyclic) bond motifs is 1. The van der Waals surface area contributed by atoms with Crippen LogP contribution >= 0.6 is 0 Å². The minimum absolute atomic E-state index is 0.117. The van der Waals surface area contributed by atoms with Crippen molar-refractivity contribution in [2.45, 2.75) is 37.6 Å². The number of aryl methyl sites for hydroxylation is 2. The first-order valence-electron chi connectivity index (χ1n) is 10.4. The summed E-state index contributed by atoms with van der Waals surface area (Å²) < 4.78 is 35.4. The quantitative estimate of drug-likeness (QED) is 0.457. The maximum absolute atomic E-state index is 12.9. The van der Waals surface area contributed by atoms with Crippen LogP contribution in [-0.2, 0) is 14.6 Å². The zero-order chi connectivity index (χ0) is 22.3. The average Bonchev–Trinajstić information content (AvgIpc) is 3.36. The van der Waals surface area contributed by atoms with E-state index >= 15 is 0 Å². The fourth-order valence-corrected chi connectivity index (χ4v) is 5.72. The minimum atomic E-state index is -3.73. The second-order valence-electron chi connectivity index (χ2n) is 7.91. The van der Waals surface area contributed by atoms with Gasteiger partial charge in [0.05, 0.1) is 6.04 Å². The van der Waals surface area contributed by atoms with Crippen molar-refractivity contribution < 1.29 is 13.3 Å². The largest absolute Gasteiger partial charge is 0.593 e. The maximum Gasteiger partial charge on any atom is 0.240 e. The molecule has 1 fully saturated rings. The first-order chi connectivity index (χ1) is 15.4. The van der Waals surface area contributed by atoms with Crippen molar-refractivity contribution in [3.63, 3.8) is 0 Å². The molecular weight excluding hydrogens is 430 g/mol. The number of sulfonamides is 1. The van der Waals surface area contributed by atoms with E-state index in [-0.39, 0.29) is 16.7 Å². The summed E-state index contributed by atoms with van der Waals surface area (Å²) in [6.45, 7) is 4.51. The van der Waals surface area contributed by atoms with Gasteiger partial charge in [-0.25, -0.2) is 0 Å². The standard InChI is InChI=1S/C21H23N7O3S/c1-14-20(15(2)31-25-14)32(29,30)26-17-9-6-12-27(13-17)19-11-10-18-22-23-21(28(18)24-19)16-7-4-3-5-8-16/h3-5,7-8,10-11,17H,6,9,12-13H2,1-2H3,(H-,26,29,30). The summed E-state index contributed by atoms with van der Waals surface area (Å²) in [7, 11) is -3.73. The Kier molecular flexibility index (Phi) is 5.24. The molecule has 0 amide bonds. The molecule has 0 bridgehead atoms. The Balaban J connectivity index is 1.39. The van der Waals surface area contributed by atoms with E-state index in [1.54, 1.807) is 18.4 Å². The predicted octanol–water partition coefficient (Wildman–Crippen LogP) is 2.56. The van der Waals surface area contributed by atoms with E-state index in [0.717, 1.165) is 30.8 Å². The van der Waals surface area contributed by atoms with Crippen molar-refractivity contribution in [1.82, 2.24) is 29.7 Å². The first-order valence-corrected chi connectivity index (χ1v) is 11.9. The van der Waals surface area contributed by atoms with Gasteiger partial charge in [0.2, 0.25) is 4.90 Å². The van der Waals surface area contributed by atoms with Crippen LogP contribution in [0.1, 0.15) is 24.3 Å². The number of nitrogens with zero attached hydrogens (tertiary/aromatic N) is 6. The normalized spacial score (nSPS) is 18.7. The number of piperidine rings is 1. The molecule has 0 spiro atoms. The number of benzene rings is 1. The van der Waals surface area contributed by atoms with Crippen LogP contribution in [0.2, 0.25) is 0 Å². The first kappa shape index (κ1) is 20.7. The highest BCUT2D eigenvalue weighted by molar-refractivity contribution is 7.95. The molecule has 32 heavy (non-hydrogen) atoms. The van der Waals surface area contributed by atoms with Crippen LogP contribution < -0.4 is 9.62 Å². The number of aromatic nitrogens is 5. The van der Waals surface area contributed by atoms with Crippen LogP contribution in [0, 0.1) is 13.8 Å². The monoisotopic (exact) mass is 453 g/mol. The smallest absolute Gasteiger partial charge is 0.240 e. The highest BCUT2D eigenvalue weighted by Gasteiger charge is 2.34. The molecule has 0 aliphatic carbocycles. The van der Waals surface area contributed by atoms with Crippen molar-refractivity contribution in [3.05, 3.63) is 53.9 Å². The lowest BCUT2D eigenvalue weighted by Gasteiger charge is -2.34. The van der Waals surface area contributed by atoms with E-state index in [2.05, 4.69) is 25.0 Å². The third kappa shape index (κ3) is 3.78. The summed E-state index contributed by atoms with van der Waals surface area (Å²) >= 11 is 0. The van der Waals surface area contributed by atoms with Crippen LogP contribution in [-0.4, -0.2) is 48.7 Å². The average molecular weight is 454 g/mol. The second-order valence-corrected chi connectivity index (χ2v) is 9.56. The number of nitrogens with one attached hydrogen (secondary N) is 1. The van der Waals surface area contributed by atoms with E-state index in [1.807, 2.05) is 42.5 Å². The summed E-state index contributed by atoms with van der Waals surface area (Å²) in [5.41, 5.74) is 1.93. The van der Waals surface area contributed by atoms with E-state index in [0.29, 0.717) is 23.7 Å². The lowest BCUT2D eigenvalue weighted by molar-refractivity contribution is 0.388. The Morgan fingerprint density at radius 3 is 2.72 bits per heavy atom. The van der Waals surface area contributed by atoms with Gasteiger partial charge in [0.25, 0.3) is 0 Å². The summed E-state index contributed by atoms with van der Waals surface area (Å²) in [5.74, 6) is 1.70. The van der Waals surface area contributed by atoms with Gasteiger partial charge in [-0.2, -0.15) is 4.52 Å². The van der Waals surface area contributed by atoms with Gasteiger partial charge in [-0.3, -0.25) is 0 Å². The van der Waals surface area contributed by atoms with Gasteiger partial charge in [0.15, 0.2) is 27.6 Å². The molecule has 0 radical (unpaired) electrons. The van der Waals surface area contributed by atoms with Crippen molar-refractivity contribution >= 4 is 21.9 Å². The Labute approximate surface area is 186 Å². The third-order valence-corrected chi connectivity index (χ3v) is 7.35. The molecule has 1 aliphatic rings. The SMILES string of the molecule is Cc1noc(C)c1[S+](=O)([O-])NC1CCCN(c2ccc3nnc(-c4ccccc4)n3n2)C1. The molecule has 166 valence electrons. The van der Waals surface area contributed by atoms with Crippen molar-refractivity contribution in [3.8, 4) is 11.4 Å². The van der Waals surface area contributed by atoms with E-state index in [1.165, 1.54) is 0 Å². The number of hydrogen-bond donors (Lipinski definition) is 1. The highest BCUT2D eigenvalue weighted by atomic mass is 32.3. The highest BCUT2D eigenvalue weighted by Crippen LogP contribution is 2.26. The third-order valence-electron chi connectivity index (χ3n) is 5.58. The molecule has 1 saturated heterocycles. The van der Waals surface area contributed by atoms with Gasteiger partial charge in [-0.1, -0.05) is 39.7 Å². The molecule has 1 aliphatic heterocycles. The molecular formula is C21H23N7O3S. The lowest BCUT2D eigenvalue weighted by Crippen LogP contribution is -2.50. The van der Waals surface area contributed by atoms with Crippen molar-refractivity contribution in [1.29, 1.82) is 0 Å². The second kappa shape index (κ2) is 8.08. The van der Waals surface area contributed by atoms with Gasteiger partial charge >= 0.3 is 0 Å². The van der Waals surface area contributed by atoms with Crippen LogP contribution in [0.3, 0.4) is 0 Å². The Bertz CT molecular complexity index is 1280. The Morgan fingerprint density at radius 2 is 1.97 bits per heavy atom. The summed E-state index contributed by atoms with van der Waals surface area (Å²) in [6, 6.07) is 13.3. The zero-order valence-corrected chi connectivity index (χ0v) is 18.6. The molecule has 1 N–H and O–H groups in total. The molecule has 1 aromatic carbocycles. The summed E-state index contributed by atoms with van der Waals surface area (Å²) in [5, 5.41) is 17.0. The number of hydrogen-bond acceptors (Lipinski definition) is 8. The van der Waals surface area contributed by atoms with Crippen LogP contribution in [0.4, 0.5) is 5.82 Å². The molecule has 2 atom stereocenters. The van der Waals surface area contributed by atoms with Crippen molar-refractivity contribution in [2.75, 3.05) is 18.0 Å². The van der Waals surface area contributed by atoms with Gasteiger partial charge in [-0.15, -0.1) is 20.0 Å². The molecule has 10 nitrogen and oxygen atoms in total. The van der Waals surface area contributed by atoms with E-state index in [4.69, 9.17) is 9.62 Å². The van der Waals surface area contributed by atoms with Gasteiger partial charge in [-0.05, 0) is 31.9 Å². The Hall–Kier alpha value is -3.15. The minimum Gasteiger partial charge on any atom is -0.593 e. The number of rotatable bonds is 5. The van der Waals surface area contributed by atoms with Gasteiger partial charge in [0, 0.05) is 25.6 Å². The molecule has 4 aromatic rings. The lowest BCUT2D eigenvalue weighted by atomic mass is 10.1. The topological polar surface area (TPSA) is 125 Å². The van der Waals surface area contributed by atoms with Crippen LogP contribution in [0.15, 0.2) is 51.9 Å². The van der Waals surface area contributed by atoms with Crippen molar-refractivity contribution in [2.24, 2.45) is 0 Å².